The predicted octanol–water partition coefficient (Wildman–Crippen LogP) is 2.52. The van der Waals surface area contributed by atoms with E-state index in [9.17, 15) is 5.11 Å². The van der Waals surface area contributed by atoms with Gasteiger partial charge in [0.2, 0.25) is 0 Å². The molecule has 0 saturated carbocycles. The van der Waals surface area contributed by atoms with Crippen molar-refractivity contribution in [1.82, 2.24) is 14.7 Å². The van der Waals surface area contributed by atoms with Gasteiger partial charge in [-0.25, -0.2) is 0 Å². The number of piperidine rings is 1. The van der Waals surface area contributed by atoms with Gasteiger partial charge in [0.05, 0.1) is 7.11 Å². The standard InChI is InChI=1S/C23H39N3O2/c1-18-14-19(2)23(28-4)21(15-18)17-25-8-7-22(20(16-25)6-5-13-27)26-11-9-24(3)10-12-26/h14-15,20,22,27H,5-13,16-17H2,1-4H3/t20-,22+/m0/s1. The third kappa shape index (κ3) is 5.26. The number of likely N-dealkylation sites (tertiary alicyclic amines) is 1. The summed E-state index contributed by atoms with van der Waals surface area (Å²) in [6, 6.07) is 5.14. The van der Waals surface area contributed by atoms with Crippen molar-refractivity contribution in [3.63, 3.8) is 0 Å². The van der Waals surface area contributed by atoms with Crippen LogP contribution in [0.5, 0.6) is 5.75 Å². The first-order valence-electron chi connectivity index (χ1n) is 10.9. The molecule has 2 heterocycles. The predicted molar refractivity (Wildman–Crippen MR) is 115 cm³/mol. The molecule has 2 aliphatic rings. The molecule has 2 fully saturated rings. The summed E-state index contributed by atoms with van der Waals surface area (Å²) in [6.07, 6.45) is 3.26. The van der Waals surface area contributed by atoms with E-state index in [1.54, 1.807) is 7.11 Å². The van der Waals surface area contributed by atoms with Crippen molar-refractivity contribution in [2.75, 3.05) is 60.0 Å². The molecule has 1 N–H and O–H groups in total. The Kier molecular flexibility index (Phi) is 7.75. The van der Waals surface area contributed by atoms with E-state index in [-0.39, 0.29) is 0 Å². The van der Waals surface area contributed by atoms with Crippen LogP contribution in [0.15, 0.2) is 12.1 Å². The highest BCUT2D eigenvalue weighted by molar-refractivity contribution is 5.43. The fraction of sp³-hybridized carbons (Fsp3) is 0.739. The molecule has 0 amide bonds. The van der Waals surface area contributed by atoms with E-state index < -0.39 is 0 Å². The molecule has 2 aliphatic heterocycles. The summed E-state index contributed by atoms with van der Waals surface area (Å²) in [5.74, 6) is 1.68. The second-order valence-electron chi connectivity index (χ2n) is 8.83. The third-order valence-electron chi connectivity index (χ3n) is 6.61. The molecule has 2 atom stereocenters. The maximum Gasteiger partial charge on any atom is 0.126 e. The Hall–Kier alpha value is -1.14. The van der Waals surface area contributed by atoms with Gasteiger partial charge in [-0.2, -0.15) is 0 Å². The fourth-order valence-corrected chi connectivity index (χ4v) is 5.20. The number of benzene rings is 1. The Bertz CT molecular complexity index is 629. The first-order valence-corrected chi connectivity index (χ1v) is 10.9. The molecule has 0 spiro atoms. The second kappa shape index (κ2) is 10.1. The topological polar surface area (TPSA) is 39.2 Å². The van der Waals surface area contributed by atoms with Crippen molar-refractivity contribution in [2.24, 2.45) is 5.92 Å². The summed E-state index contributed by atoms with van der Waals surface area (Å²) in [4.78, 5) is 7.75. The molecule has 2 saturated heterocycles. The number of rotatable bonds is 7. The first-order chi connectivity index (χ1) is 13.5. The zero-order valence-corrected chi connectivity index (χ0v) is 18.3. The zero-order valence-electron chi connectivity index (χ0n) is 18.3. The molecular weight excluding hydrogens is 350 g/mol. The summed E-state index contributed by atoms with van der Waals surface area (Å²) in [7, 11) is 4.01. The van der Waals surface area contributed by atoms with Crippen molar-refractivity contribution in [1.29, 1.82) is 0 Å². The SMILES string of the molecule is COc1c(C)cc(C)cc1CN1CC[C@@H](N2CCN(C)CC2)[C@@H](CCCO)C1. The molecule has 0 aliphatic carbocycles. The summed E-state index contributed by atoms with van der Waals surface area (Å²) in [6.45, 7) is 12.5. The van der Waals surface area contributed by atoms with E-state index in [4.69, 9.17) is 4.74 Å². The van der Waals surface area contributed by atoms with Crippen LogP contribution in [0.1, 0.15) is 36.0 Å². The number of aliphatic hydroxyl groups excluding tert-OH is 1. The molecule has 0 bridgehead atoms. The monoisotopic (exact) mass is 389 g/mol. The lowest BCUT2D eigenvalue weighted by Gasteiger charge is -2.46. The molecular formula is C23H39N3O2. The lowest BCUT2D eigenvalue weighted by Crippen LogP contribution is -2.56. The quantitative estimate of drug-likeness (QED) is 0.776. The molecule has 28 heavy (non-hydrogen) atoms. The number of aliphatic hydroxyl groups is 1. The van der Waals surface area contributed by atoms with Gasteiger partial charge in [-0.05, 0) is 58.2 Å². The van der Waals surface area contributed by atoms with Crippen molar-refractivity contribution >= 4 is 0 Å². The molecule has 1 aromatic carbocycles. The van der Waals surface area contributed by atoms with Crippen LogP contribution in [0, 0.1) is 19.8 Å². The van der Waals surface area contributed by atoms with Gasteiger partial charge in [-0.3, -0.25) is 9.80 Å². The molecule has 3 rings (SSSR count). The Morgan fingerprint density at radius 3 is 2.54 bits per heavy atom. The van der Waals surface area contributed by atoms with Crippen LogP contribution in [-0.2, 0) is 6.54 Å². The molecule has 0 unspecified atom stereocenters. The number of methoxy groups -OCH3 is 1. The van der Waals surface area contributed by atoms with Crippen LogP contribution < -0.4 is 4.74 Å². The smallest absolute Gasteiger partial charge is 0.126 e. The summed E-state index contributed by atoms with van der Waals surface area (Å²) < 4.78 is 5.72. The number of hydrogen-bond acceptors (Lipinski definition) is 5. The van der Waals surface area contributed by atoms with Crippen molar-refractivity contribution in [3.8, 4) is 5.75 Å². The molecule has 158 valence electrons. The van der Waals surface area contributed by atoms with Crippen LogP contribution >= 0.6 is 0 Å². The van der Waals surface area contributed by atoms with Crippen molar-refractivity contribution in [2.45, 2.75) is 45.7 Å². The van der Waals surface area contributed by atoms with Crippen LogP contribution in [0.25, 0.3) is 0 Å². The van der Waals surface area contributed by atoms with Gasteiger partial charge in [-0.15, -0.1) is 0 Å². The van der Waals surface area contributed by atoms with Crippen LogP contribution in [0.4, 0.5) is 0 Å². The number of nitrogens with zero attached hydrogens (tertiary/aromatic N) is 3. The van der Waals surface area contributed by atoms with Crippen molar-refractivity contribution in [3.05, 3.63) is 28.8 Å². The Morgan fingerprint density at radius 2 is 1.86 bits per heavy atom. The van der Waals surface area contributed by atoms with E-state index in [1.807, 2.05) is 0 Å². The third-order valence-corrected chi connectivity index (χ3v) is 6.61. The van der Waals surface area contributed by atoms with Crippen LogP contribution in [0.2, 0.25) is 0 Å². The zero-order chi connectivity index (χ0) is 20.1. The second-order valence-corrected chi connectivity index (χ2v) is 8.83. The van der Waals surface area contributed by atoms with Gasteiger partial charge in [0.1, 0.15) is 5.75 Å². The first kappa shape index (κ1) is 21.6. The Labute approximate surface area is 171 Å². The molecule has 1 aromatic rings. The van der Waals surface area contributed by atoms with Crippen LogP contribution in [-0.4, -0.2) is 85.9 Å². The number of piperazine rings is 1. The van der Waals surface area contributed by atoms with Gasteiger partial charge >= 0.3 is 0 Å². The number of ether oxygens (including phenoxy) is 1. The fourth-order valence-electron chi connectivity index (χ4n) is 5.20. The number of likely N-dealkylation sites (N-methyl/N-ethyl adjacent to an activating group) is 1. The van der Waals surface area contributed by atoms with Gasteiger partial charge in [0.15, 0.2) is 0 Å². The average molecular weight is 390 g/mol. The van der Waals surface area contributed by atoms with Gasteiger partial charge in [0.25, 0.3) is 0 Å². The molecule has 0 radical (unpaired) electrons. The van der Waals surface area contributed by atoms with E-state index >= 15 is 0 Å². The average Bonchev–Trinajstić information content (AvgIpc) is 2.67. The van der Waals surface area contributed by atoms with E-state index in [0.29, 0.717) is 18.6 Å². The lowest BCUT2D eigenvalue weighted by molar-refractivity contribution is 0.0210. The van der Waals surface area contributed by atoms with E-state index in [1.165, 1.54) is 49.3 Å². The minimum Gasteiger partial charge on any atom is -0.496 e. The normalized spacial score (nSPS) is 25.2. The summed E-state index contributed by atoms with van der Waals surface area (Å²) in [5, 5.41) is 9.41. The maximum atomic E-state index is 9.41. The van der Waals surface area contributed by atoms with Gasteiger partial charge in [-0.1, -0.05) is 17.7 Å². The molecule has 5 heteroatoms. The minimum atomic E-state index is 0.302. The summed E-state index contributed by atoms with van der Waals surface area (Å²) in [5.41, 5.74) is 3.83. The van der Waals surface area contributed by atoms with Gasteiger partial charge in [0, 0.05) is 57.5 Å². The Morgan fingerprint density at radius 1 is 1.11 bits per heavy atom. The Balaban J connectivity index is 1.69. The molecule has 0 aromatic heterocycles. The highest BCUT2D eigenvalue weighted by Gasteiger charge is 2.34. The van der Waals surface area contributed by atoms with Gasteiger partial charge < -0.3 is 14.7 Å². The maximum absolute atomic E-state index is 9.41. The molecule has 5 nitrogen and oxygen atoms in total. The lowest BCUT2D eigenvalue weighted by atomic mass is 9.86. The largest absolute Gasteiger partial charge is 0.496 e. The van der Waals surface area contributed by atoms with E-state index in [0.717, 1.165) is 38.2 Å². The minimum absolute atomic E-state index is 0.302. The summed E-state index contributed by atoms with van der Waals surface area (Å²) >= 11 is 0. The number of hydrogen-bond donors (Lipinski definition) is 1. The highest BCUT2D eigenvalue weighted by atomic mass is 16.5. The van der Waals surface area contributed by atoms with Crippen LogP contribution in [0.3, 0.4) is 0 Å². The van der Waals surface area contributed by atoms with Crippen molar-refractivity contribution < 1.29 is 9.84 Å². The highest BCUT2D eigenvalue weighted by Crippen LogP contribution is 2.31. The number of aryl methyl sites for hydroxylation is 2. The van der Waals surface area contributed by atoms with E-state index in [2.05, 4.69) is 47.7 Å².